The van der Waals surface area contributed by atoms with Crippen LogP contribution in [0.3, 0.4) is 0 Å². The van der Waals surface area contributed by atoms with Crippen molar-refractivity contribution in [3.63, 3.8) is 0 Å². The smallest absolute Gasteiger partial charge is 0.188 e. The molecular weight excluding hydrogens is 204 g/mol. The first-order valence-electron chi connectivity index (χ1n) is 5.33. The van der Waals surface area contributed by atoms with Crippen molar-refractivity contribution >= 4 is 5.78 Å². The van der Waals surface area contributed by atoms with Gasteiger partial charge in [0.05, 0.1) is 7.11 Å². The fraction of sp³-hybridized carbons (Fsp3) is 0.462. The Morgan fingerprint density at radius 2 is 2.06 bits per heavy atom. The van der Waals surface area contributed by atoms with E-state index in [-0.39, 0.29) is 11.7 Å². The van der Waals surface area contributed by atoms with Gasteiger partial charge in [-0.1, -0.05) is 13.8 Å². The van der Waals surface area contributed by atoms with E-state index in [1.165, 1.54) is 0 Å². The molecule has 0 radical (unpaired) electrons. The molecule has 0 spiro atoms. The number of carbonyl (C=O) groups excluding carboxylic acids is 1. The van der Waals surface area contributed by atoms with Gasteiger partial charge < -0.3 is 9.84 Å². The van der Waals surface area contributed by atoms with Crippen molar-refractivity contribution in [3.05, 3.63) is 28.8 Å². The van der Waals surface area contributed by atoms with Crippen molar-refractivity contribution in [1.82, 2.24) is 0 Å². The Bertz CT molecular complexity index is 394. The van der Waals surface area contributed by atoms with Crippen molar-refractivity contribution in [3.8, 4) is 5.75 Å². The second-order valence-electron chi connectivity index (χ2n) is 4.15. The van der Waals surface area contributed by atoms with Gasteiger partial charge in [0.2, 0.25) is 0 Å². The summed E-state index contributed by atoms with van der Waals surface area (Å²) in [6, 6.07) is 3.66. The van der Waals surface area contributed by atoms with E-state index in [2.05, 4.69) is 0 Å². The van der Waals surface area contributed by atoms with Crippen LogP contribution in [0.25, 0.3) is 0 Å². The van der Waals surface area contributed by atoms with Gasteiger partial charge in [-0.3, -0.25) is 4.79 Å². The topological polar surface area (TPSA) is 46.5 Å². The molecule has 1 rings (SSSR count). The Kier molecular flexibility index (Phi) is 4.07. The lowest BCUT2D eigenvalue weighted by atomic mass is 9.95. The summed E-state index contributed by atoms with van der Waals surface area (Å²) in [4.78, 5) is 11.5. The second-order valence-corrected chi connectivity index (χ2v) is 4.15. The number of carbonyl (C=O) groups is 1. The number of aliphatic hydroxyl groups is 1. The average molecular weight is 222 g/mol. The minimum Gasteiger partial charge on any atom is -0.496 e. The van der Waals surface area contributed by atoms with Crippen LogP contribution in [0.15, 0.2) is 12.1 Å². The standard InChI is InChI=1S/C13H18O3/c1-8(2)10-6-11(12(15)7-14)9(3)5-13(10)16-4/h5-6,8,14H,7H2,1-4H3. The monoisotopic (exact) mass is 222 g/mol. The first-order chi connectivity index (χ1) is 7.51. The molecule has 3 nitrogen and oxygen atoms in total. The predicted octanol–water partition coefficient (Wildman–Crippen LogP) is 2.30. The summed E-state index contributed by atoms with van der Waals surface area (Å²) in [7, 11) is 1.62. The molecule has 1 aromatic rings. The van der Waals surface area contributed by atoms with Gasteiger partial charge in [0, 0.05) is 5.56 Å². The summed E-state index contributed by atoms with van der Waals surface area (Å²) >= 11 is 0. The van der Waals surface area contributed by atoms with Crippen molar-refractivity contribution in [2.24, 2.45) is 0 Å². The van der Waals surface area contributed by atoms with Crippen LogP contribution in [0.2, 0.25) is 0 Å². The summed E-state index contributed by atoms with van der Waals surface area (Å²) in [5.41, 5.74) is 2.40. The second kappa shape index (κ2) is 5.12. The molecule has 0 aliphatic rings. The molecule has 1 N–H and O–H groups in total. The molecule has 0 saturated carbocycles. The maximum atomic E-state index is 11.5. The summed E-state index contributed by atoms with van der Waals surface area (Å²) in [5, 5.41) is 8.89. The predicted molar refractivity (Wildman–Crippen MR) is 63.2 cm³/mol. The third-order valence-corrected chi connectivity index (χ3v) is 2.64. The van der Waals surface area contributed by atoms with Gasteiger partial charge in [-0.15, -0.1) is 0 Å². The number of Topliss-reactive ketones (excluding diaryl/α,β-unsaturated/α-hetero) is 1. The molecular formula is C13H18O3. The summed E-state index contributed by atoms with van der Waals surface area (Å²) in [6.07, 6.45) is 0. The Morgan fingerprint density at radius 1 is 1.44 bits per heavy atom. The average Bonchev–Trinajstić information content (AvgIpc) is 2.27. The Balaban J connectivity index is 3.33. The van der Waals surface area contributed by atoms with Gasteiger partial charge in [0.15, 0.2) is 5.78 Å². The minimum atomic E-state index is -0.454. The normalized spacial score (nSPS) is 10.6. The molecule has 0 aromatic heterocycles. The van der Waals surface area contributed by atoms with E-state index < -0.39 is 6.61 Å². The highest BCUT2D eigenvalue weighted by Gasteiger charge is 2.14. The Hall–Kier alpha value is -1.35. The zero-order valence-electron chi connectivity index (χ0n) is 10.2. The molecule has 0 aliphatic carbocycles. The molecule has 0 aliphatic heterocycles. The van der Waals surface area contributed by atoms with Crippen LogP contribution in [0.5, 0.6) is 5.75 Å². The number of benzene rings is 1. The van der Waals surface area contributed by atoms with Crippen molar-refractivity contribution < 1.29 is 14.6 Å². The first kappa shape index (κ1) is 12.7. The van der Waals surface area contributed by atoms with E-state index in [4.69, 9.17) is 9.84 Å². The van der Waals surface area contributed by atoms with Gasteiger partial charge in [-0.25, -0.2) is 0 Å². The van der Waals surface area contributed by atoms with Gasteiger partial charge in [0.1, 0.15) is 12.4 Å². The highest BCUT2D eigenvalue weighted by Crippen LogP contribution is 2.29. The molecule has 0 bridgehead atoms. The molecule has 0 unspecified atom stereocenters. The van der Waals surface area contributed by atoms with Gasteiger partial charge >= 0.3 is 0 Å². The SMILES string of the molecule is COc1cc(C)c(C(=O)CO)cc1C(C)C. The number of hydrogen-bond donors (Lipinski definition) is 1. The molecule has 16 heavy (non-hydrogen) atoms. The Morgan fingerprint density at radius 3 is 2.50 bits per heavy atom. The maximum absolute atomic E-state index is 11.5. The van der Waals surface area contributed by atoms with E-state index in [1.807, 2.05) is 32.9 Å². The molecule has 0 heterocycles. The highest BCUT2D eigenvalue weighted by molar-refractivity contribution is 5.98. The maximum Gasteiger partial charge on any atom is 0.188 e. The highest BCUT2D eigenvalue weighted by atomic mass is 16.5. The third kappa shape index (κ3) is 2.42. The van der Waals surface area contributed by atoms with Gasteiger partial charge in [-0.05, 0) is 36.1 Å². The molecule has 0 amide bonds. The van der Waals surface area contributed by atoms with E-state index in [1.54, 1.807) is 7.11 Å². The van der Waals surface area contributed by atoms with Crippen LogP contribution in [0, 0.1) is 6.92 Å². The van der Waals surface area contributed by atoms with Crippen molar-refractivity contribution in [2.75, 3.05) is 13.7 Å². The van der Waals surface area contributed by atoms with E-state index in [9.17, 15) is 4.79 Å². The van der Waals surface area contributed by atoms with Crippen molar-refractivity contribution in [1.29, 1.82) is 0 Å². The number of hydrogen-bond acceptors (Lipinski definition) is 3. The van der Waals surface area contributed by atoms with Crippen LogP contribution in [0.4, 0.5) is 0 Å². The number of rotatable bonds is 4. The van der Waals surface area contributed by atoms with Crippen LogP contribution >= 0.6 is 0 Å². The Labute approximate surface area is 96.1 Å². The van der Waals surface area contributed by atoms with E-state index >= 15 is 0 Å². The minimum absolute atomic E-state index is 0.248. The number of ketones is 1. The van der Waals surface area contributed by atoms with E-state index in [0.29, 0.717) is 5.56 Å². The quantitative estimate of drug-likeness (QED) is 0.795. The largest absolute Gasteiger partial charge is 0.496 e. The van der Waals surface area contributed by atoms with Gasteiger partial charge in [-0.2, -0.15) is 0 Å². The molecule has 1 aromatic carbocycles. The molecule has 0 saturated heterocycles. The number of ether oxygens (including phenoxy) is 1. The van der Waals surface area contributed by atoms with Crippen LogP contribution in [-0.4, -0.2) is 24.6 Å². The molecule has 0 fully saturated rings. The number of aliphatic hydroxyl groups excluding tert-OH is 1. The summed E-state index contributed by atoms with van der Waals surface area (Å²) in [5.74, 6) is 0.824. The fourth-order valence-corrected chi connectivity index (χ4v) is 1.71. The van der Waals surface area contributed by atoms with E-state index in [0.717, 1.165) is 16.9 Å². The zero-order chi connectivity index (χ0) is 12.3. The van der Waals surface area contributed by atoms with Crippen LogP contribution in [0.1, 0.15) is 41.3 Å². The summed E-state index contributed by atoms with van der Waals surface area (Å²) in [6.45, 7) is 5.47. The van der Waals surface area contributed by atoms with Crippen molar-refractivity contribution in [2.45, 2.75) is 26.7 Å². The van der Waals surface area contributed by atoms with Crippen LogP contribution in [-0.2, 0) is 0 Å². The number of methoxy groups -OCH3 is 1. The van der Waals surface area contributed by atoms with Crippen LogP contribution < -0.4 is 4.74 Å². The molecule has 0 atom stereocenters. The summed E-state index contributed by atoms with van der Waals surface area (Å²) < 4.78 is 5.28. The number of aryl methyl sites for hydroxylation is 1. The van der Waals surface area contributed by atoms with Gasteiger partial charge in [0.25, 0.3) is 0 Å². The lowest BCUT2D eigenvalue weighted by molar-refractivity contribution is 0.0903. The first-order valence-corrected chi connectivity index (χ1v) is 5.33. The zero-order valence-corrected chi connectivity index (χ0v) is 10.2. The lowest BCUT2D eigenvalue weighted by Gasteiger charge is -2.15. The fourth-order valence-electron chi connectivity index (χ4n) is 1.71. The lowest BCUT2D eigenvalue weighted by Crippen LogP contribution is -2.08. The molecule has 88 valence electrons. The third-order valence-electron chi connectivity index (χ3n) is 2.64. The molecule has 3 heteroatoms.